The Morgan fingerprint density at radius 3 is 2.61 bits per heavy atom. The molecule has 6 nitrogen and oxygen atoms in total. The quantitative estimate of drug-likeness (QED) is 0.526. The minimum absolute atomic E-state index is 0.0168. The van der Waals surface area contributed by atoms with Gasteiger partial charge < -0.3 is 4.52 Å². The van der Waals surface area contributed by atoms with E-state index in [2.05, 4.69) is 20.5 Å². The van der Waals surface area contributed by atoms with Crippen LogP contribution in [0.1, 0.15) is 24.5 Å². The van der Waals surface area contributed by atoms with Crippen LogP contribution in [0.15, 0.2) is 47.0 Å². The molecule has 0 atom stereocenters. The van der Waals surface area contributed by atoms with Gasteiger partial charge in [-0.3, -0.25) is 0 Å². The van der Waals surface area contributed by atoms with E-state index in [-0.39, 0.29) is 28.9 Å². The van der Waals surface area contributed by atoms with E-state index >= 15 is 0 Å². The van der Waals surface area contributed by atoms with Gasteiger partial charge in [0.2, 0.25) is 5.82 Å². The highest BCUT2D eigenvalue weighted by Crippen LogP contribution is 2.44. The largest absolute Gasteiger partial charge is 0.332 e. The van der Waals surface area contributed by atoms with Gasteiger partial charge in [-0.25, -0.2) is 17.9 Å². The molecule has 0 spiro atoms. The molecule has 0 radical (unpaired) electrons. The first-order chi connectivity index (χ1) is 13.6. The molecular formula is C19H12F3N5O. The van der Waals surface area contributed by atoms with Crippen molar-refractivity contribution < 1.29 is 17.7 Å². The molecule has 0 aliphatic heterocycles. The molecule has 1 aliphatic carbocycles. The van der Waals surface area contributed by atoms with Gasteiger partial charge in [-0.1, -0.05) is 22.5 Å². The van der Waals surface area contributed by atoms with Gasteiger partial charge in [0, 0.05) is 5.92 Å². The Morgan fingerprint density at radius 1 is 1.00 bits per heavy atom. The number of para-hydroxylation sites is 1. The van der Waals surface area contributed by atoms with Crippen LogP contribution in [0.5, 0.6) is 0 Å². The highest BCUT2D eigenvalue weighted by molar-refractivity contribution is 5.60. The maximum Gasteiger partial charge on any atom is 0.280 e. The van der Waals surface area contributed by atoms with Crippen molar-refractivity contribution in [2.24, 2.45) is 0 Å². The number of nitrogens with zero attached hydrogens (tertiary/aromatic N) is 5. The lowest BCUT2D eigenvalue weighted by molar-refractivity contribution is 0.430. The summed E-state index contributed by atoms with van der Waals surface area (Å²) in [4.78, 5) is 4.16. The second-order valence-electron chi connectivity index (χ2n) is 6.51. The van der Waals surface area contributed by atoms with Crippen molar-refractivity contribution in [1.82, 2.24) is 25.1 Å². The van der Waals surface area contributed by atoms with Crippen LogP contribution in [0.4, 0.5) is 13.2 Å². The highest BCUT2D eigenvalue weighted by Gasteiger charge is 2.35. The van der Waals surface area contributed by atoms with Crippen LogP contribution in [0.2, 0.25) is 0 Å². The number of rotatable bonds is 4. The van der Waals surface area contributed by atoms with Gasteiger partial charge >= 0.3 is 0 Å². The van der Waals surface area contributed by atoms with E-state index in [0.717, 1.165) is 31.0 Å². The predicted molar refractivity (Wildman–Crippen MR) is 91.9 cm³/mol. The molecule has 2 heterocycles. The molecule has 1 aliphatic rings. The molecule has 2 aromatic heterocycles. The summed E-state index contributed by atoms with van der Waals surface area (Å²) in [5.74, 6) is -1.69. The first kappa shape index (κ1) is 16.7. The summed E-state index contributed by atoms with van der Waals surface area (Å²) in [6, 6.07) is 9.21. The van der Waals surface area contributed by atoms with Crippen LogP contribution in [0.25, 0.3) is 28.7 Å². The molecule has 0 bridgehead atoms. The summed E-state index contributed by atoms with van der Waals surface area (Å²) in [6.07, 6.45) is 1.79. The van der Waals surface area contributed by atoms with Crippen molar-refractivity contribution in [3.63, 3.8) is 0 Å². The van der Waals surface area contributed by atoms with Crippen molar-refractivity contribution in [2.75, 3.05) is 0 Å². The van der Waals surface area contributed by atoms with Crippen LogP contribution >= 0.6 is 0 Å². The lowest BCUT2D eigenvalue weighted by atomic mass is 10.2. The molecule has 0 saturated heterocycles. The molecule has 28 heavy (non-hydrogen) atoms. The Balaban J connectivity index is 1.61. The number of aromatic nitrogens is 5. The Kier molecular flexibility index (Phi) is 3.75. The van der Waals surface area contributed by atoms with Crippen molar-refractivity contribution in [1.29, 1.82) is 0 Å². The Morgan fingerprint density at radius 2 is 1.82 bits per heavy atom. The average Bonchev–Trinajstić information content (AvgIpc) is 3.25. The van der Waals surface area contributed by atoms with E-state index in [4.69, 9.17) is 4.52 Å². The summed E-state index contributed by atoms with van der Waals surface area (Å²) in [5.41, 5.74) is 1.10. The molecule has 0 unspecified atom stereocenters. The Labute approximate surface area is 156 Å². The average molecular weight is 383 g/mol. The Bertz CT molecular complexity index is 1180. The predicted octanol–water partition coefficient (Wildman–Crippen LogP) is 4.28. The monoisotopic (exact) mass is 383 g/mol. The smallest absolute Gasteiger partial charge is 0.280 e. The molecule has 1 saturated carbocycles. The van der Waals surface area contributed by atoms with Crippen LogP contribution in [-0.4, -0.2) is 25.1 Å². The van der Waals surface area contributed by atoms with E-state index in [1.54, 1.807) is 18.2 Å². The zero-order chi connectivity index (χ0) is 19.3. The number of benzene rings is 2. The first-order valence-corrected chi connectivity index (χ1v) is 8.62. The Hall–Kier alpha value is -3.49. The third-order valence-electron chi connectivity index (χ3n) is 4.55. The summed E-state index contributed by atoms with van der Waals surface area (Å²) in [5, 5.41) is 11.9. The fourth-order valence-corrected chi connectivity index (χ4v) is 3.06. The maximum absolute atomic E-state index is 14.2. The second-order valence-corrected chi connectivity index (χ2v) is 6.51. The molecule has 5 rings (SSSR count). The molecule has 2 aromatic carbocycles. The molecular weight excluding hydrogens is 371 g/mol. The van der Waals surface area contributed by atoms with E-state index < -0.39 is 17.5 Å². The summed E-state index contributed by atoms with van der Waals surface area (Å²) < 4.78 is 48.4. The fraction of sp³-hybridized carbons (Fsp3) is 0.158. The maximum atomic E-state index is 14.2. The van der Waals surface area contributed by atoms with Gasteiger partial charge in [-0.15, -0.1) is 5.10 Å². The minimum Gasteiger partial charge on any atom is -0.332 e. The SMILES string of the molecule is Fc1ccc(F)c(-c2noc(-c3nnn(-c4ccccc4F)c3C3CC3)n2)c1. The summed E-state index contributed by atoms with van der Waals surface area (Å²) >= 11 is 0. The van der Waals surface area contributed by atoms with Crippen molar-refractivity contribution in [3.05, 3.63) is 65.6 Å². The minimum atomic E-state index is -0.675. The van der Waals surface area contributed by atoms with Gasteiger partial charge in [0.05, 0.1) is 11.3 Å². The van der Waals surface area contributed by atoms with E-state index in [1.807, 2.05) is 0 Å². The third kappa shape index (κ3) is 2.75. The topological polar surface area (TPSA) is 69.6 Å². The standard InChI is InChI=1S/C19H12F3N5O/c20-11-7-8-13(21)12(9-11)18-23-19(28-25-18)16-17(10-5-6-10)27(26-24-16)15-4-2-1-3-14(15)22/h1-4,7-10H,5-6H2. The third-order valence-corrected chi connectivity index (χ3v) is 4.55. The normalized spacial score (nSPS) is 13.8. The van der Waals surface area contributed by atoms with E-state index in [0.29, 0.717) is 11.4 Å². The van der Waals surface area contributed by atoms with Gasteiger partial charge in [0.15, 0.2) is 5.69 Å². The van der Waals surface area contributed by atoms with Crippen molar-refractivity contribution >= 4 is 0 Å². The number of hydrogen-bond donors (Lipinski definition) is 0. The van der Waals surface area contributed by atoms with Crippen LogP contribution in [0, 0.1) is 17.5 Å². The van der Waals surface area contributed by atoms with Crippen molar-refractivity contribution in [2.45, 2.75) is 18.8 Å². The summed E-state index contributed by atoms with van der Waals surface area (Å²) in [6.45, 7) is 0. The molecule has 140 valence electrons. The van der Waals surface area contributed by atoms with Gasteiger partial charge in [-0.2, -0.15) is 4.98 Å². The highest BCUT2D eigenvalue weighted by atomic mass is 19.1. The number of halogens is 3. The molecule has 0 amide bonds. The van der Waals surface area contributed by atoms with Crippen LogP contribution < -0.4 is 0 Å². The van der Waals surface area contributed by atoms with Crippen molar-refractivity contribution in [3.8, 4) is 28.7 Å². The van der Waals surface area contributed by atoms with E-state index in [1.165, 1.54) is 10.7 Å². The van der Waals surface area contributed by atoms with Gasteiger partial charge in [-0.05, 0) is 43.2 Å². The summed E-state index contributed by atoms with van der Waals surface area (Å²) in [7, 11) is 0. The lowest BCUT2D eigenvalue weighted by Crippen LogP contribution is -2.04. The van der Waals surface area contributed by atoms with E-state index in [9.17, 15) is 13.2 Å². The van der Waals surface area contributed by atoms with Gasteiger partial charge in [0.1, 0.15) is 23.1 Å². The molecule has 4 aromatic rings. The lowest BCUT2D eigenvalue weighted by Gasteiger charge is -2.06. The fourth-order valence-electron chi connectivity index (χ4n) is 3.06. The zero-order valence-corrected chi connectivity index (χ0v) is 14.3. The van der Waals surface area contributed by atoms with Crippen LogP contribution in [0.3, 0.4) is 0 Å². The number of hydrogen-bond acceptors (Lipinski definition) is 5. The first-order valence-electron chi connectivity index (χ1n) is 8.62. The zero-order valence-electron chi connectivity index (χ0n) is 14.3. The molecule has 0 N–H and O–H groups in total. The van der Waals surface area contributed by atoms with Crippen LogP contribution in [-0.2, 0) is 0 Å². The molecule has 1 fully saturated rings. The second kappa shape index (κ2) is 6.29. The molecule has 9 heteroatoms. The van der Waals surface area contributed by atoms with Gasteiger partial charge in [0.25, 0.3) is 5.89 Å².